The predicted molar refractivity (Wildman–Crippen MR) is 47.4 cm³/mol. The number of carbonyl (C=O) groups excluding carboxylic acids is 1. The number of fused-ring (bicyclic) bond motifs is 1. The molecular weight excluding hydrogens is 166 g/mol. The fourth-order valence-electron chi connectivity index (χ4n) is 1.44. The summed E-state index contributed by atoms with van der Waals surface area (Å²) in [6, 6.07) is 0. The summed E-state index contributed by atoms with van der Waals surface area (Å²) in [4.78, 5) is 15.5. The van der Waals surface area contributed by atoms with Gasteiger partial charge in [0.25, 0.3) is 0 Å². The Kier molecular flexibility index (Phi) is 1.90. The van der Waals surface area contributed by atoms with Crippen LogP contribution < -0.4 is 0 Å². The Hall–Kier alpha value is -1.19. The first kappa shape index (κ1) is 8.41. The maximum absolute atomic E-state index is 11.1. The molecule has 0 saturated carbocycles. The summed E-state index contributed by atoms with van der Waals surface area (Å²) in [6.45, 7) is 4.82. The summed E-state index contributed by atoms with van der Waals surface area (Å²) in [5.74, 6) is 2.30. The minimum atomic E-state index is 0.273. The van der Waals surface area contributed by atoms with Crippen LogP contribution in [0.25, 0.3) is 0 Å². The third-order valence-corrected chi connectivity index (χ3v) is 2.24. The number of aromatic nitrogens is 3. The van der Waals surface area contributed by atoms with E-state index in [0.29, 0.717) is 25.3 Å². The van der Waals surface area contributed by atoms with Crippen LogP contribution in [0.5, 0.6) is 0 Å². The highest BCUT2D eigenvalue weighted by atomic mass is 16.1. The Morgan fingerprint density at radius 1 is 1.46 bits per heavy atom. The molecule has 0 atom stereocenters. The zero-order valence-electron chi connectivity index (χ0n) is 7.95. The van der Waals surface area contributed by atoms with E-state index in [9.17, 15) is 4.79 Å². The van der Waals surface area contributed by atoms with Gasteiger partial charge in [0.05, 0.1) is 6.42 Å². The largest absolute Gasteiger partial charge is 0.299 e. The van der Waals surface area contributed by atoms with Gasteiger partial charge in [0.15, 0.2) is 5.82 Å². The first-order valence-corrected chi connectivity index (χ1v) is 4.62. The molecule has 1 aromatic heterocycles. The highest BCUT2D eigenvalue weighted by Crippen LogP contribution is 2.14. The molecule has 0 amide bonds. The molecule has 1 aromatic rings. The number of aryl methyl sites for hydroxylation is 1. The van der Waals surface area contributed by atoms with Gasteiger partial charge in [0.2, 0.25) is 0 Å². The van der Waals surface area contributed by atoms with Crippen LogP contribution in [0.1, 0.15) is 37.8 Å². The lowest BCUT2D eigenvalue weighted by Gasteiger charge is -2.09. The van der Waals surface area contributed by atoms with Crippen LogP contribution in [0.3, 0.4) is 0 Å². The number of rotatable bonds is 1. The molecule has 4 heteroatoms. The molecule has 0 saturated heterocycles. The highest BCUT2D eigenvalue weighted by molar-refractivity contribution is 5.80. The van der Waals surface area contributed by atoms with Gasteiger partial charge >= 0.3 is 0 Å². The van der Waals surface area contributed by atoms with Crippen LogP contribution in [0.4, 0.5) is 0 Å². The second-order valence-electron chi connectivity index (χ2n) is 3.73. The summed E-state index contributed by atoms with van der Waals surface area (Å²) in [7, 11) is 0. The first-order chi connectivity index (χ1) is 6.16. The maximum atomic E-state index is 11.1. The van der Waals surface area contributed by atoms with Gasteiger partial charge in [-0.25, -0.2) is 9.67 Å². The van der Waals surface area contributed by atoms with Gasteiger partial charge in [0, 0.05) is 18.9 Å². The average molecular weight is 179 g/mol. The minimum absolute atomic E-state index is 0.273. The molecule has 0 bridgehead atoms. The Bertz CT molecular complexity index is 341. The molecule has 4 nitrogen and oxygen atoms in total. The van der Waals surface area contributed by atoms with Crippen molar-refractivity contribution in [1.29, 1.82) is 0 Å². The number of hydrogen-bond acceptors (Lipinski definition) is 3. The van der Waals surface area contributed by atoms with Crippen molar-refractivity contribution in [3.05, 3.63) is 11.6 Å². The topological polar surface area (TPSA) is 47.8 Å². The predicted octanol–water partition coefficient (Wildman–Crippen LogP) is 0.917. The fourth-order valence-corrected chi connectivity index (χ4v) is 1.44. The summed E-state index contributed by atoms with van der Waals surface area (Å²) in [5, 5.41) is 4.34. The molecule has 0 spiro atoms. The second-order valence-corrected chi connectivity index (χ2v) is 3.73. The first-order valence-electron chi connectivity index (χ1n) is 4.62. The van der Waals surface area contributed by atoms with Crippen molar-refractivity contribution in [2.45, 2.75) is 39.2 Å². The number of nitrogens with zero attached hydrogens (tertiary/aromatic N) is 3. The third-order valence-electron chi connectivity index (χ3n) is 2.24. The number of hydrogen-bond donors (Lipinski definition) is 0. The van der Waals surface area contributed by atoms with Gasteiger partial charge < -0.3 is 0 Å². The molecule has 0 aliphatic carbocycles. The normalized spacial score (nSPS) is 16.4. The molecule has 13 heavy (non-hydrogen) atoms. The quantitative estimate of drug-likeness (QED) is 0.644. The van der Waals surface area contributed by atoms with Crippen LogP contribution in [-0.2, 0) is 17.8 Å². The molecule has 0 N–H and O–H groups in total. The van der Waals surface area contributed by atoms with Crippen molar-refractivity contribution in [2.24, 2.45) is 0 Å². The highest BCUT2D eigenvalue weighted by Gasteiger charge is 2.19. The standard InChI is InChI=1S/C9H13N3O/c1-6(2)9-10-8-5-7(13)3-4-12(8)11-9/h6H,3-5H2,1-2H3. The van der Waals surface area contributed by atoms with E-state index in [2.05, 4.69) is 23.9 Å². The molecular formula is C9H13N3O. The fraction of sp³-hybridized carbons (Fsp3) is 0.667. The molecule has 0 aromatic carbocycles. The van der Waals surface area contributed by atoms with E-state index >= 15 is 0 Å². The monoisotopic (exact) mass is 179 g/mol. The van der Waals surface area contributed by atoms with Gasteiger partial charge in [-0.2, -0.15) is 5.10 Å². The lowest BCUT2D eigenvalue weighted by molar-refractivity contribution is -0.119. The zero-order chi connectivity index (χ0) is 9.42. The summed E-state index contributed by atoms with van der Waals surface area (Å²) in [6.07, 6.45) is 1.06. The van der Waals surface area contributed by atoms with E-state index in [-0.39, 0.29) is 5.78 Å². The van der Waals surface area contributed by atoms with Gasteiger partial charge in [-0.15, -0.1) is 0 Å². The van der Waals surface area contributed by atoms with E-state index in [1.807, 2.05) is 4.68 Å². The van der Waals surface area contributed by atoms with Crippen molar-refractivity contribution < 1.29 is 4.79 Å². The van der Waals surface area contributed by atoms with Gasteiger partial charge in [0.1, 0.15) is 11.6 Å². The number of Topliss-reactive ketones (excluding diaryl/α,β-unsaturated/α-hetero) is 1. The SMILES string of the molecule is CC(C)c1nc2n(n1)CCC(=O)C2. The van der Waals surface area contributed by atoms with Crippen LogP contribution in [0, 0.1) is 0 Å². The van der Waals surface area contributed by atoms with E-state index in [1.54, 1.807) is 0 Å². The summed E-state index contributed by atoms with van der Waals surface area (Å²) < 4.78 is 1.86. The Morgan fingerprint density at radius 3 is 2.92 bits per heavy atom. The smallest absolute Gasteiger partial charge is 0.153 e. The summed E-state index contributed by atoms with van der Waals surface area (Å²) >= 11 is 0. The third kappa shape index (κ3) is 1.48. The number of carbonyl (C=O) groups is 1. The van der Waals surface area contributed by atoms with Crippen LogP contribution in [-0.4, -0.2) is 20.5 Å². The Balaban J connectivity index is 2.33. The van der Waals surface area contributed by atoms with Gasteiger partial charge in [-0.1, -0.05) is 13.8 Å². The van der Waals surface area contributed by atoms with Gasteiger partial charge in [-0.3, -0.25) is 4.79 Å². The Morgan fingerprint density at radius 2 is 2.23 bits per heavy atom. The van der Waals surface area contributed by atoms with E-state index in [4.69, 9.17) is 0 Å². The van der Waals surface area contributed by atoms with Crippen LogP contribution in [0.2, 0.25) is 0 Å². The molecule has 0 radical (unpaired) electrons. The van der Waals surface area contributed by atoms with Crippen molar-refractivity contribution >= 4 is 5.78 Å². The second kappa shape index (κ2) is 2.94. The van der Waals surface area contributed by atoms with E-state index < -0.39 is 0 Å². The van der Waals surface area contributed by atoms with Crippen molar-refractivity contribution in [2.75, 3.05) is 0 Å². The molecule has 2 rings (SSSR count). The van der Waals surface area contributed by atoms with Crippen LogP contribution >= 0.6 is 0 Å². The molecule has 1 aliphatic rings. The number of ketones is 1. The molecule has 0 unspecified atom stereocenters. The van der Waals surface area contributed by atoms with Crippen molar-refractivity contribution in [3.8, 4) is 0 Å². The summed E-state index contributed by atoms with van der Waals surface area (Å²) in [5.41, 5.74) is 0. The lowest BCUT2D eigenvalue weighted by Crippen LogP contribution is -2.19. The van der Waals surface area contributed by atoms with E-state index in [0.717, 1.165) is 11.6 Å². The van der Waals surface area contributed by atoms with Crippen molar-refractivity contribution in [1.82, 2.24) is 14.8 Å². The molecule has 1 aliphatic heterocycles. The zero-order valence-corrected chi connectivity index (χ0v) is 7.95. The van der Waals surface area contributed by atoms with E-state index in [1.165, 1.54) is 0 Å². The average Bonchev–Trinajstić information content (AvgIpc) is 2.46. The van der Waals surface area contributed by atoms with Crippen molar-refractivity contribution in [3.63, 3.8) is 0 Å². The minimum Gasteiger partial charge on any atom is -0.299 e. The molecule has 0 fully saturated rings. The Labute approximate surface area is 77.0 Å². The van der Waals surface area contributed by atoms with Gasteiger partial charge in [-0.05, 0) is 0 Å². The maximum Gasteiger partial charge on any atom is 0.153 e. The molecule has 70 valence electrons. The molecule has 2 heterocycles. The van der Waals surface area contributed by atoms with Crippen LogP contribution in [0.15, 0.2) is 0 Å². The lowest BCUT2D eigenvalue weighted by atomic mass is 10.1.